The van der Waals surface area contributed by atoms with E-state index < -0.39 is 44.6 Å². The minimum Gasteiger partial charge on any atom is -0.481 e. The van der Waals surface area contributed by atoms with Crippen molar-refractivity contribution < 1.29 is 32.6 Å². The Bertz CT molecular complexity index is 2150. The molecule has 15 heteroatoms. The minimum absolute atomic E-state index is 0.0202. The van der Waals surface area contributed by atoms with Gasteiger partial charge in [-0.25, -0.2) is 22.9 Å². The summed E-state index contributed by atoms with van der Waals surface area (Å²) in [6, 6.07) is 7.15. The van der Waals surface area contributed by atoms with Gasteiger partial charge in [-0.3, -0.25) is 14.7 Å². The number of carboxylic acids is 1. The molecular weight excluding hydrogens is 675 g/mol. The number of hydrogen-bond donors (Lipinski definition) is 1. The Balaban J connectivity index is 1.41. The lowest BCUT2D eigenvalue weighted by Crippen LogP contribution is -2.70. The predicted octanol–water partition coefficient (Wildman–Crippen LogP) is 4.98. The molecule has 0 bridgehead atoms. The van der Waals surface area contributed by atoms with Gasteiger partial charge < -0.3 is 14.6 Å². The number of fused-ring (bicyclic) bond motifs is 2. The van der Waals surface area contributed by atoms with E-state index in [0.717, 1.165) is 22.2 Å². The molecule has 1 N–H and O–H groups in total. The molecule has 14 nitrogen and oxygen atoms in total. The first-order valence-electron chi connectivity index (χ1n) is 16.9. The standard InChI is InChI=1S/C36H45N7O7S/c1-10-43-27-12-11-25(23(4)30(27)39-40-43)29(35(8,9)32(44)45)26-14-24(22(3)16-37-26)17-42-20-36(18-41(19-36)33(46)50-34(5,6)7)49-31-28(51(42,47)48)13-21(2)15-38-31/h11-16,29H,10,17-20H2,1-9H3,(H,44,45)/t29-/m1/s1. The van der Waals surface area contributed by atoms with Gasteiger partial charge in [0.05, 0.1) is 30.6 Å². The van der Waals surface area contributed by atoms with E-state index in [-0.39, 0.29) is 37.0 Å². The van der Waals surface area contributed by atoms with Crippen LogP contribution in [0.1, 0.15) is 81.0 Å². The number of hydrogen-bond acceptors (Lipinski definition) is 10. The summed E-state index contributed by atoms with van der Waals surface area (Å²) in [6.45, 7) is 16.9. The molecule has 2 aliphatic rings. The number of amides is 1. The van der Waals surface area contributed by atoms with Crippen LogP contribution in [-0.2, 0) is 32.6 Å². The smallest absolute Gasteiger partial charge is 0.410 e. The Morgan fingerprint density at radius 2 is 1.75 bits per heavy atom. The second-order valence-corrected chi connectivity index (χ2v) is 17.2. The van der Waals surface area contributed by atoms with Crippen LogP contribution < -0.4 is 4.74 Å². The lowest BCUT2D eigenvalue weighted by atomic mass is 9.71. The van der Waals surface area contributed by atoms with E-state index in [1.807, 2.05) is 32.9 Å². The van der Waals surface area contributed by atoms with Crippen LogP contribution >= 0.6 is 0 Å². The average molecular weight is 720 g/mol. The van der Waals surface area contributed by atoms with Gasteiger partial charge in [0.15, 0.2) is 5.60 Å². The molecule has 1 saturated heterocycles. The first-order valence-corrected chi connectivity index (χ1v) is 18.4. The summed E-state index contributed by atoms with van der Waals surface area (Å²) >= 11 is 0. The maximum absolute atomic E-state index is 14.4. The first kappa shape index (κ1) is 36.2. The summed E-state index contributed by atoms with van der Waals surface area (Å²) in [4.78, 5) is 36.3. The van der Waals surface area contributed by atoms with Crippen LogP contribution in [-0.4, -0.2) is 90.6 Å². The highest BCUT2D eigenvalue weighted by Gasteiger charge is 2.54. The molecule has 0 radical (unpaired) electrons. The fraction of sp³-hybridized carbons (Fsp3) is 0.500. The van der Waals surface area contributed by atoms with Gasteiger partial charge in [-0.15, -0.1) is 5.10 Å². The van der Waals surface area contributed by atoms with E-state index in [9.17, 15) is 23.1 Å². The number of aromatic nitrogens is 5. The Morgan fingerprint density at radius 3 is 2.39 bits per heavy atom. The van der Waals surface area contributed by atoms with Gasteiger partial charge in [0, 0.05) is 37.1 Å². The van der Waals surface area contributed by atoms with Gasteiger partial charge >= 0.3 is 12.1 Å². The molecule has 6 rings (SSSR count). The number of aryl methyl sites for hydroxylation is 4. The number of likely N-dealkylation sites (tertiary alicyclic amines) is 1. The van der Waals surface area contributed by atoms with E-state index in [1.165, 1.54) is 15.3 Å². The Kier molecular flexibility index (Phi) is 8.90. The van der Waals surface area contributed by atoms with E-state index in [1.54, 1.807) is 64.7 Å². The van der Waals surface area contributed by atoms with Crippen molar-refractivity contribution in [1.82, 2.24) is 34.2 Å². The van der Waals surface area contributed by atoms with Crippen LogP contribution in [0.4, 0.5) is 4.79 Å². The molecule has 5 heterocycles. The van der Waals surface area contributed by atoms with Gasteiger partial charge in [0.1, 0.15) is 16.0 Å². The summed E-state index contributed by atoms with van der Waals surface area (Å²) in [6.07, 6.45) is 2.69. The number of sulfonamides is 1. The number of carboxylic acid groups (broad SMARTS) is 1. The zero-order valence-electron chi connectivity index (χ0n) is 30.5. The SMILES string of the molecule is CCn1nnc2c(C)c([C@H](c3cc(CN4CC5(CN(C(=O)OC(C)(C)C)C5)Oc5ncc(C)cc5S4(=O)=O)c(C)cn3)C(C)(C)C(=O)O)ccc21. The number of pyridine rings is 2. The number of benzene rings is 1. The number of carbonyl (C=O) groups is 2. The van der Waals surface area contributed by atoms with Gasteiger partial charge in [-0.05, 0) is 108 Å². The second-order valence-electron chi connectivity index (χ2n) is 15.3. The third kappa shape index (κ3) is 6.52. The van der Waals surface area contributed by atoms with Gasteiger partial charge in [0.2, 0.25) is 15.9 Å². The lowest BCUT2D eigenvalue weighted by Gasteiger charge is -2.49. The van der Waals surface area contributed by atoms with Crippen molar-refractivity contribution in [2.24, 2.45) is 5.41 Å². The third-order valence-electron chi connectivity index (χ3n) is 9.70. The summed E-state index contributed by atoms with van der Waals surface area (Å²) in [5, 5.41) is 19.1. The molecule has 0 unspecified atom stereocenters. The van der Waals surface area contributed by atoms with E-state index in [2.05, 4.69) is 15.3 Å². The topological polar surface area (TPSA) is 170 Å². The summed E-state index contributed by atoms with van der Waals surface area (Å²) in [7, 11) is -4.15. The van der Waals surface area contributed by atoms with Crippen molar-refractivity contribution in [2.45, 2.75) is 97.4 Å². The van der Waals surface area contributed by atoms with Gasteiger partial charge in [-0.2, -0.15) is 4.31 Å². The molecule has 1 spiro atoms. The molecule has 4 aromatic rings. The molecule has 1 fully saturated rings. The van der Waals surface area contributed by atoms with Crippen LogP contribution in [0.2, 0.25) is 0 Å². The van der Waals surface area contributed by atoms with Gasteiger partial charge in [-0.1, -0.05) is 11.3 Å². The lowest BCUT2D eigenvalue weighted by molar-refractivity contribution is -0.147. The van der Waals surface area contributed by atoms with Crippen LogP contribution in [0.25, 0.3) is 11.0 Å². The fourth-order valence-corrected chi connectivity index (χ4v) is 8.50. The molecular formula is C36H45N7O7S. The zero-order chi connectivity index (χ0) is 37.3. The molecule has 1 amide bonds. The highest BCUT2D eigenvalue weighted by molar-refractivity contribution is 7.89. The highest BCUT2D eigenvalue weighted by Crippen LogP contribution is 2.44. The highest BCUT2D eigenvalue weighted by atomic mass is 32.2. The molecule has 1 atom stereocenters. The second kappa shape index (κ2) is 12.5. The van der Waals surface area contributed by atoms with Crippen molar-refractivity contribution in [3.05, 3.63) is 70.2 Å². The van der Waals surface area contributed by atoms with Crippen molar-refractivity contribution in [2.75, 3.05) is 19.6 Å². The first-order chi connectivity index (χ1) is 23.8. The fourth-order valence-electron chi connectivity index (χ4n) is 6.86. The van der Waals surface area contributed by atoms with E-state index in [0.29, 0.717) is 28.9 Å². The molecule has 0 saturated carbocycles. The van der Waals surface area contributed by atoms with E-state index >= 15 is 0 Å². The van der Waals surface area contributed by atoms with Crippen LogP contribution in [0.15, 0.2) is 41.6 Å². The third-order valence-corrected chi connectivity index (χ3v) is 11.5. The van der Waals surface area contributed by atoms with Crippen LogP contribution in [0.3, 0.4) is 0 Å². The number of aliphatic carboxylic acids is 1. The Labute approximate surface area is 297 Å². The van der Waals surface area contributed by atoms with Crippen molar-refractivity contribution in [3.8, 4) is 5.88 Å². The maximum atomic E-state index is 14.4. The van der Waals surface area contributed by atoms with Crippen molar-refractivity contribution in [3.63, 3.8) is 0 Å². The maximum Gasteiger partial charge on any atom is 0.410 e. The largest absolute Gasteiger partial charge is 0.481 e. The Hall–Kier alpha value is -4.63. The zero-order valence-corrected chi connectivity index (χ0v) is 31.3. The summed E-state index contributed by atoms with van der Waals surface area (Å²) in [5.41, 5.74) is 2.46. The van der Waals surface area contributed by atoms with Crippen LogP contribution in [0.5, 0.6) is 5.88 Å². The van der Waals surface area contributed by atoms with Gasteiger partial charge in [0.25, 0.3) is 0 Å². The average Bonchev–Trinajstić information content (AvgIpc) is 3.41. The minimum atomic E-state index is -4.15. The van der Waals surface area contributed by atoms with Crippen molar-refractivity contribution >= 4 is 33.1 Å². The van der Waals surface area contributed by atoms with E-state index in [4.69, 9.17) is 14.5 Å². The normalized spacial score (nSPS) is 17.7. The molecule has 272 valence electrons. The summed E-state index contributed by atoms with van der Waals surface area (Å²) < 4.78 is 43.9. The molecule has 1 aromatic carbocycles. The van der Waals surface area contributed by atoms with Crippen LogP contribution in [0, 0.1) is 26.2 Å². The van der Waals surface area contributed by atoms with Crippen molar-refractivity contribution in [1.29, 1.82) is 0 Å². The number of rotatable bonds is 7. The summed E-state index contributed by atoms with van der Waals surface area (Å²) in [5.74, 6) is -1.75. The molecule has 2 aliphatic heterocycles. The Morgan fingerprint density at radius 1 is 1.04 bits per heavy atom. The number of carbonyl (C=O) groups excluding carboxylic acids is 1. The number of ether oxygens (including phenoxy) is 2. The quantitative estimate of drug-likeness (QED) is 0.273. The predicted molar refractivity (Wildman–Crippen MR) is 188 cm³/mol. The number of nitrogens with zero attached hydrogens (tertiary/aromatic N) is 7. The molecule has 3 aromatic heterocycles. The molecule has 0 aliphatic carbocycles. The molecule has 51 heavy (non-hydrogen) atoms. The monoisotopic (exact) mass is 719 g/mol.